The van der Waals surface area contributed by atoms with E-state index in [1.807, 2.05) is 7.05 Å². The minimum atomic E-state index is -0.577. The van der Waals surface area contributed by atoms with E-state index in [2.05, 4.69) is 0 Å². The number of nitrogens with zero attached hydrogens (tertiary/aromatic N) is 1. The Kier molecular flexibility index (Phi) is 3.68. The molecule has 0 aromatic carbocycles. The number of ether oxygens (including phenoxy) is 1. The molecule has 1 atom stereocenters. The predicted molar refractivity (Wildman–Crippen MR) is 69.7 cm³/mol. The van der Waals surface area contributed by atoms with Crippen molar-refractivity contribution in [2.45, 2.75) is 38.1 Å². The van der Waals surface area contributed by atoms with Crippen LogP contribution in [0.5, 0.6) is 0 Å². The Bertz CT molecular complexity index is 320. The van der Waals surface area contributed by atoms with Gasteiger partial charge in [-0.2, -0.15) is 0 Å². The topological polar surface area (TPSA) is 55.6 Å². The van der Waals surface area contributed by atoms with Gasteiger partial charge in [-0.15, -0.1) is 0 Å². The largest absolute Gasteiger partial charge is 0.392 e. The Hall–Kier alpha value is -0.680. The first-order chi connectivity index (χ1) is 8.08. The van der Waals surface area contributed by atoms with Crippen LogP contribution < -0.4 is 5.73 Å². The van der Waals surface area contributed by atoms with Crippen LogP contribution >= 0.6 is 12.2 Å². The third-order valence-corrected chi connectivity index (χ3v) is 4.50. The van der Waals surface area contributed by atoms with Crippen LogP contribution in [0.2, 0.25) is 0 Å². The van der Waals surface area contributed by atoms with Crippen LogP contribution in [-0.4, -0.2) is 42.1 Å². The van der Waals surface area contributed by atoms with Crippen LogP contribution in [-0.2, 0) is 9.53 Å². The molecule has 4 nitrogen and oxygen atoms in total. The molecule has 0 aromatic rings. The average molecular weight is 256 g/mol. The molecule has 1 heterocycles. The number of thiocarbonyl (C=S) groups is 1. The van der Waals surface area contributed by atoms with Gasteiger partial charge in [-0.1, -0.05) is 25.1 Å². The Balaban J connectivity index is 2.13. The molecule has 2 fully saturated rings. The second kappa shape index (κ2) is 4.90. The monoisotopic (exact) mass is 256 g/mol. The molecule has 0 bridgehead atoms. The van der Waals surface area contributed by atoms with Gasteiger partial charge in [0.2, 0.25) is 5.91 Å². The second-order valence-electron chi connectivity index (χ2n) is 5.09. The maximum Gasteiger partial charge on any atom is 0.235 e. The molecule has 2 aliphatic rings. The summed E-state index contributed by atoms with van der Waals surface area (Å²) in [6.07, 6.45) is 4.60. The Morgan fingerprint density at radius 1 is 1.47 bits per heavy atom. The molecule has 1 aliphatic carbocycles. The molecule has 1 unspecified atom stereocenters. The Morgan fingerprint density at radius 2 is 2.12 bits per heavy atom. The standard InChI is InChI=1S/C12H20N2O2S/c1-14(9-4-7-16-8-9)11(15)12(10(13)17)5-2-3-6-12/h9H,2-8H2,1H3,(H2,13,17). The van der Waals surface area contributed by atoms with Crippen molar-refractivity contribution in [3.8, 4) is 0 Å². The highest BCUT2D eigenvalue weighted by molar-refractivity contribution is 7.80. The van der Waals surface area contributed by atoms with E-state index in [1.54, 1.807) is 4.90 Å². The maximum atomic E-state index is 12.6. The van der Waals surface area contributed by atoms with Crippen molar-refractivity contribution in [3.05, 3.63) is 0 Å². The van der Waals surface area contributed by atoms with Crippen LogP contribution in [0.1, 0.15) is 32.1 Å². The van der Waals surface area contributed by atoms with E-state index in [4.69, 9.17) is 22.7 Å². The van der Waals surface area contributed by atoms with Gasteiger partial charge >= 0.3 is 0 Å². The molecule has 1 amide bonds. The number of nitrogens with two attached hydrogens (primary N) is 1. The van der Waals surface area contributed by atoms with Crippen molar-refractivity contribution in [1.82, 2.24) is 4.90 Å². The van der Waals surface area contributed by atoms with Crippen LogP contribution in [0.4, 0.5) is 0 Å². The Morgan fingerprint density at radius 3 is 2.59 bits per heavy atom. The highest BCUT2D eigenvalue weighted by Crippen LogP contribution is 2.40. The zero-order valence-corrected chi connectivity index (χ0v) is 11.1. The van der Waals surface area contributed by atoms with Gasteiger partial charge in [0.05, 0.1) is 23.1 Å². The van der Waals surface area contributed by atoms with Crippen LogP contribution in [0.3, 0.4) is 0 Å². The summed E-state index contributed by atoms with van der Waals surface area (Å²) in [4.78, 5) is 14.8. The third kappa shape index (κ3) is 2.18. The first-order valence-corrected chi connectivity index (χ1v) is 6.64. The summed E-state index contributed by atoms with van der Waals surface area (Å²) in [7, 11) is 1.85. The van der Waals surface area contributed by atoms with Crippen molar-refractivity contribution in [3.63, 3.8) is 0 Å². The normalized spacial score (nSPS) is 27.0. The van der Waals surface area contributed by atoms with Crippen molar-refractivity contribution >= 4 is 23.1 Å². The van der Waals surface area contributed by atoms with Gasteiger partial charge in [-0.3, -0.25) is 4.79 Å². The quantitative estimate of drug-likeness (QED) is 0.768. The van der Waals surface area contributed by atoms with Crippen molar-refractivity contribution in [1.29, 1.82) is 0 Å². The maximum absolute atomic E-state index is 12.6. The number of carbonyl (C=O) groups excluding carboxylic acids is 1. The van der Waals surface area contributed by atoms with E-state index >= 15 is 0 Å². The zero-order chi connectivity index (χ0) is 12.5. The van der Waals surface area contributed by atoms with Crippen LogP contribution in [0, 0.1) is 5.41 Å². The fraction of sp³-hybridized carbons (Fsp3) is 0.833. The first-order valence-electron chi connectivity index (χ1n) is 6.23. The average Bonchev–Trinajstić information content (AvgIpc) is 2.98. The fourth-order valence-corrected chi connectivity index (χ4v) is 3.17. The van der Waals surface area contributed by atoms with E-state index in [9.17, 15) is 4.79 Å². The van der Waals surface area contributed by atoms with Gasteiger partial charge in [-0.05, 0) is 19.3 Å². The van der Waals surface area contributed by atoms with E-state index in [0.717, 1.165) is 38.7 Å². The lowest BCUT2D eigenvalue weighted by Gasteiger charge is -2.34. The second-order valence-corrected chi connectivity index (χ2v) is 5.53. The lowest BCUT2D eigenvalue weighted by molar-refractivity contribution is -0.138. The molecule has 1 saturated heterocycles. The smallest absolute Gasteiger partial charge is 0.235 e. The van der Waals surface area contributed by atoms with Gasteiger partial charge in [-0.25, -0.2) is 0 Å². The molecule has 0 aromatic heterocycles. The summed E-state index contributed by atoms with van der Waals surface area (Å²) < 4.78 is 5.33. The number of amides is 1. The van der Waals surface area contributed by atoms with Crippen molar-refractivity contribution in [2.75, 3.05) is 20.3 Å². The summed E-state index contributed by atoms with van der Waals surface area (Å²) in [5, 5.41) is 0. The molecule has 0 radical (unpaired) electrons. The molecule has 17 heavy (non-hydrogen) atoms. The summed E-state index contributed by atoms with van der Waals surface area (Å²) in [5.74, 6) is 0.0954. The lowest BCUT2D eigenvalue weighted by atomic mass is 9.84. The number of hydrogen-bond acceptors (Lipinski definition) is 3. The van der Waals surface area contributed by atoms with Crippen LogP contribution in [0.25, 0.3) is 0 Å². The summed E-state index contributed by atoms with van der Waals surface area (Å²) in [6.45, 7) is 1.37. The molecule has 2 rings (SSSR count). The molecule has 96 valence electrons. The Labute approximate surface area is 107 Å². The first kappa shape index (κ1) is 12.8. The number of carbonyl (C=O) groups is 1. The lowest BCUT2D eigenvalue weighted by Crippen LogP contribution is -2.51. The molecule has 2 N–H and O–H groups in total. The predicted octanol–water partition coefficient (Wildman–Crippen LogP) is 1.08. The highest BCUT2D eigenvalue weighted by atomic mass is 32.1. The van der Waals surface area contributed by atoms with Gasteiger partial charge in [0, 0.05) is 13.7 Å². The van der Waals surface area contributed by atoms with Gasteiger partial charge in [0.15, 0.2) is 0 Å². The summed E-state index contributed by atoms with van der Waals surface area (Å²) in [6, 6.07) is 0.189. The SMILES string of the molecule is CN(C(=O)C1(C(N)=S)CCCC1)C1CCOC1. The minimum Gasteiger partial charge on any atom is -0.392 e. The fourth-order valence-electron chi connectivity index (χ4n) is 2.88. The molecular weight excluding hydrogens is 236 g/mol. The van der Waals surface area contributed by atoms with E-state index in [1.165, 1.54) is 0 Å². The number of rotatable bonds is 3. The third-order valence-electron chi connectivity index (χ3n) is 4.11. The van der Waals surface area contributed by atoms with Crippen molar-refractivity contribution < 1.29 is 9.53 Å². The van der Waals surface area contributed by atoms with Gasteiger partial charge in [0.25, 0.3) is 0 Å². The number of likely N-dealkylation sites (N-methyl/N-ethyl adjacent to an activating group) is 1. The van der Waals surface area contributed by atoms with E-state index in [0.29, 0.717) is 11.6 Å². The summed E-state index contributed by atoms with van der Waals surface area (Å²) in [5.41, 5.74) is 5.25. The van der Waals surface area contributed by atoms with E-state index < -0.39 is 5.41 Å². The molecular formula is C12H20N2O2S. The van der Waals surface area contributed by atoms with Crippen molar-refractivity contribution in [2.24, 2.45) is 11.1 Å². The van der Waals surface area contributed by atoms with Gasteiger partial charge in [0.1, 0.15) is 0 Å². The minimum absolute atomic E-state index is 0.0954. The molecule has 1 saturated carbocycles. The zero-order valence-electron chi connectivity index (χ0n) is 10.3. The molecule has 0 spiro atoms. The van der Waals surface area contributed by atoms with E-state index in [-0.39, 0.29) is 11.9 Å². The highest BCUT2D eigenvalue weighted by Gasteiger charge is 2.46. The molecule has 1 aliphatic heterocycles. The van der Waals surface area contributed by atoms with Gasteiger partial charge < -0.3 is 15.4 Å². The number of hydrogen-bond donors (Lipinski definition) is 1. The molecule has 5 heteroatoms. The van der Waals surface area contributed by atoms with Crippen LogP contribution in [0.15, 0.2) is 0 Å². The summed E-state index contributed by atoms with van der Waals surface area (Å²) >= 11 is 5.14.